The van der Waals surface area contributed by atoms with Crippen LogP contribution in [0.5, 0.6) is 11.5 Å². The Labute approximate surface area is 150 Å². The number of ether oxygens (including phenoxy) is 2. The van der Waals surface area contributed by atoms with E-state index in [0.717, 1.165) is 56.0 Å². The molecule has 1 amide bonds. The number of nitrogens with one attached hydrogen (secondary N) is 1. The van der Waals surface area contributed by atoms with Crippen LogP contribution in [0.1, 0.15) is 45.1 Å². The summed E-state index contributed by atoms with van der Waals surface area (Å²) in [6.45, 7) is 8.07. The molecular formula is C20H30N2O3. The van der Waals surface area contributed by atoms with E-state index in [9.17, 15) is 4.79 Å². The molecule has 3 rings (SSSR count). The summed E-state index contributed by atoms with van der Waals surface area (Å²) in [5.41, 5.74) is 1.15. The van der Waals surface area contributed by atoms with Crippen molar-refractivity contribution in [2.24, 2.45) is 5.92 Å². The number of benzene rings is 1. The first kappa shape index (κ1) is 18.1. The van der Waals surface area contributed by atoms with Crippen LogP contribution in [0.2, 0.25) is 0 Å². The molecule has 138 valence electrons. The summed E-state index contributed by atoms with van der Waals surface area (Å²) < 4.78 is 11.7. The van der Waals surface area contributed by atoms with Gasteiger partial charge in [-0.1, -0.05) is 32.4 Å². The van der Waals surface area contributed by atoms with Crippen LogP contribution in [0.25, 0.3) is 0 Å². The first-order valence-corrected chi connectivity index (χ1v) is 9.61. The van der Waals surface area contributed by atoms with Crippen molar-refractivity contribution >= 4 is 5.91 Å². The van der Waals surface area contributed by atoms with Gasteiger partial charge >= 0.3 is 0 Å². The molecular weight excluding hydrogens is 316 g/mol. The Kier molecular flexibility index (Phi) is 6.19. The lowest BCUT2D eigenvalue weighted by molar-refractivity contribution is -0.133. The van der Waals surface area contributed by atoms with Gasteiger partial charge in [0.25, 0.3) is 0 Å². The Bertz CT molecular complexity index is 590. The van der Waals surface area contributed by atoms with Gasteiger partial charge < -0.3 is 19.7 Å². The molecule has 1 fully saturated rings. The smallest absolute Gasteiger partial charge is 0.222 e. The minimum absolute atomic E-state index is 0.274. The second-order valence-corrected chi connectivity index (χ2v) is 6.93. The zero-order valence-electron chi connectivity index (χ0n) is 15.4. The lowest BCUT2D eigenvalue weighted by Gasteiger charge is -2.39. The van der Waals surface area contributed by atoms with Crippen LogP contribution in [-0.4, -0.2) is 43.2 Å². The fourth-order valence-electron chi connectivity index (χ4n) is 3.80. The van der Waals surface area contributed by atoms with Crippen LogP contribution in [0.15, 0.2) is 18.2 Å². The third kappa shape index (κ3) is 4.27. The Morgan fingerprint density at radius 1 is 1.28 bits per heavy atom. The van der Waals surface area contributed by atoms with Crippen LogP contribution < -0.4 is 14.8 Å². The lowest BCUT2D eigenvalue weighted by atomic mass is 9.89. The van der Waals surface area contributed by atoms with Gasteiger partial charge in [0.2, 0.25) is 5.91 Å². The zero-order chi connectivity index (χ0) is 17.6. The second kappa shape index (κ2) is 8.56. The monoisotopic (exact) mass is 346 g/mol. The second-order valence-electron chi connectivity index (χ2n) is 6.93. The summed E-state index contributed by atoms with van der Waals surface area (Å²) in [6.07, 6.45) is 3.61. The van der Waals surface area contributed by atoms with E-state index in [1.807, 2.05) is 24.0 Å². The van der Waals surface area contributed by atoms with Crippen molar-refractivity contribution in [2.45, 2.75) is 52.1 Å². The summed E-state index contributed by atoms with van der Waals surface area (Å²) in [5, 5.41) is 3.71. The predicted molar refractivity (Wildman–Crippen MR) is 97.9 cm³/mol. The molecule has 2 aliphatic heterocycles. The number of hydrogen-bond acceptors (Lipinski definition) is 4. The molecule has 0 aliphatic carbocycles. The van der Waals surface area contributed by atoms with Gasteiger partial charge in [0.15, 0.2) is 11.5 Å². The van der Waals surface area contributed by atoms with Gasteiger partial charge in [0.1, 0.15) is 0 Å². The molecule has 2 heterocycles. The van der Waals surface area contributed by atoms with Crippen molar-refractivity contribution in [3.05, 3.63) is 23.8 Å². The van der Waals surface area contributed by atoms with E-state index in [2.05, 4.69) is 18.3 Å². The normalized spacial score (nSPS) is 23.2. The number of hydrogen-bond donors (Lipinski definition) is 1. The third-order valence-corrected chi connectivity index (χ3v) is 5.32. The fraction of sp³-hybridized carbons (Fsp3) is 0.650. The van der Waals surface area contributed by atoms with Gasteiger partial charge in [-0.3, -0.25) is 4.79 Å². The minimum atomic E-state index is 0.274. The van der Waals surface area contributed by atoms with E-state index in [-0.39, 0.29) is 5.91 Å². The van der Waals surface area contributed by atoms with Gasteiger partial charge in [0.05, 0.1) is 13.2 Å². The summed E-state index contributed by atoms with van der Waals surface area (Å²) in [4.78, 5) is 14.0. The van der Waals surface area contributed by atoms with E-state index < -0.39 is 0 Å². The Hall–Kier alpha value is -1.75. The van der Waals surface area contributed by atoms with Crippen LogP contribution in [-0.2, 0) is 11.3 Å². The molecule has 1 aromatic rings. The number of rotatable bonds is 5. The van der Waals surface area contributed by atoms with Crippen molar-refractivity contribution in [1.82, 2.24) is 10.2 Å². The van der Waals surface area contributed by atoms with E-state index in [4.69, 9.17) is 9.47 Å². The number of likely N-dealkylation sites (tertiary alicyclic amines) is 1. The van der Waals surface area contributed by atoms with Gasteiger partial charge in [-0.15, -0.1) is 0 Å². The van der Waals surface area contributed by atoms with E-state index >= 15 is 0 Å². The van der Waals surface area contributed by atoms with Crippen molar-refractivity contribution in [2.75, 3.05) is 26.3 Å². The van der Waals surface area contributed by atoms with Crippen molar-refractivity contribution < 1.29 is 14.3 Å². The third-order valence-electron chi connectivity index (χ3n) is 5.32. The van der Waals surface area contributed by atoms with Gasteiger partial charge in [-0.2, -0.15) is 0 Å². The number of nitrogens with zero attached hydrogens (tertiary/aromatic N) is 1. The number of carbonyl (C=O) groups is 1. The molecule has 0 unspecified atom stereocenters. The first-order chi connectivity index (χ1) is 12.2. The standard InChI is InChI=1S/C20H30N2O3/c1-3-15-14-22(19(23)4-2)10-9-17(15)21-13-16-7-5-8-18-20(16)25-12-6-11-24-18/h5,7-8,15,17,21H,3-4,6,9-14H2,1-2H3/t15-,17+/m0/s1. The van der Waals surface area contributed by atoms with Gasteiger partial charge in [0, 0.05) is 44.1 Å². The topological polar surface area (TPSA) is 50.8 Å². The van der Waals surface area contributed by atoms with Crippen LogP contribution in [0.4, 0.5) is 0 Å². The molecule has 0 radical (unpaired) electrons. The SMILES string of the molecule is CCC(=O)N1CC[C@@H](NCc2cccc3c2OCCCO3)[C@@H](CC)C1. The summed E-state index contributed by atoms with van der Waals surface area (Å²) in [6, 6.07) is 6.56. The maximum Gasteiger partial charge on any atom is 0.222 e. The van der Waals surface area contributed by atoms with Gasteiger partial charge in [-0.25, -0.2) is 0 Å². The zero-order valence-corrected chi connectivity index (χ0v) is 15.4. The molecule has 1 N–H and O–H groups in total. The number of piperidine rings is 1. The quantitative estimate of drug-likeness (QED) is 0.890. The lowest BCUT2D eigenvalue weighted by Crippen LogP contribution is -2.50. The maximum atomic E-state index is 12.0. The average molecular weight is 346 g/mol. The molecule has 1 saturated heterocycles. The van der Waals surface area contributed by atoms with Gasteiger partial charge in [-0.05, 0) is 18.4 Å². The molecule has 0 saturated carbocycles. The van der Waals surface area contributed by atoms with Crippen LogP contribution >= 0.6 is 0 Å². The summed E-state index contributed by atoms with van der Waals surface area (Å²) >= 11 is 0. The molecule has 25 heavy (non-hydrogen) atoms. The molecule has 2 aliphatic rings. The number of para-hydroxylation sites is 1. The Balaban J connectivity index is 1.63. The summed E-state index contributed by atoms with van der Waals surface area (Å²) in [5.74, 6) is 2.52. The highest BCUT2D eigenvalue weighted by molar-refractivity contribution is 5.75. The van der Waals surface area contributed by atoms with E-state index in [0.29, 0.717) is 31.6 Å². The summed E-state index contributed by atoms with van der Waals surface area (Å²) in [7, 11) is 0. The highest BCUT2D eigenvalue weighted by Crippen LogP contribution is 2.33. The highest BCUT2D eigenvalue weighted by atomic mass is 16.5. The molecule has 0 bridgehead atoms. The van der Waals surface area contributed by atoms with Crippen molar-refractivity contribution in [1.29, 1.82) is 0 Å². The molecule has 5 nitrogen and oxygen atoms in total. The number of carbonyl (C=O) groups excluding carboxylic acids is 1. The molecule has 5 heteroatoms. The molecule has 1 aromatic carbocycles. The molecule has 0 aromatic heterocycles. The number of fused-ring (bicyclic) bond motifs is 1. The minimum Gasteiger partial charge on any atom is -0.490 e. The molecule has 2 atom stereocenters. The first-order valence-electron chi connectivity index (χ1n) is 9.61. The van der Waals surface area contributed by atoms with E-state index in [1.54, 1.807) is 0 Å². The van der Waals surface area contributed by atoms with E-state index in [1.165, 1.54) is 0 Å². The maximum absolute atomic E-state index is 12.0. The highest BCUT2D eigenvalue weighted by Gasteiger charge is 2.29. The largest absolute Gasteiger partial charge is 0.490 e. The molecule has 0 spiro atoms. The fourth-order valence-corrected chi connectivity index (χ4v) is 3.80. The van der Waals surface area contributed by atoms with Crippen LogP contribution in [0, 0.1) is 5.92 Å². The predicted octanol–water partition coefficient (Wildman–Crippen LogP) is 2.97. The number of amides is 1. The Morgan fingerprint density at radius 3 is 2.92 bits per heavy atom. The van der Waals surface area contributed by atoms with Crippen molar-refractivity contribution in [3.63, 3.8) is 0 Å². The van der Waals surface area contributed by atoms with Crippen molar-refractivity contribution in [3.8, 4) is 11.5 Å². The average Bonchev–Trinajstić information content (AvgIpc) is 2.91. The Morgan fingerprint density at radius 2 is 2.12 bits per heavy atom. The van der Waals surface area contributed by atoms with Crippen LogP contribution in [0.3, 0.4) is 0 Å².